The molecule has 0 aliphatic heterocycles. The third-order valence-electron chi connectivity index (χ3n) is 2.43. The van der Waals surface area contributed by atoms with Gasteiger partial charge in [0.05, 0.1) is 13.2 Å². The molecule has 0 radical (unpaired) electrons. The Hall–Kier alpha value is -1.94. The summed E-state index contributed by atoms with van der Waals surface area (Å²) in [5, 5.41) is 0.697. The summed E-state index contributed by atoms with van der Waals surface area (Å²) in [6.45, 7) is 1.10. The number of ether oxygens (including phenoxy) is 2. The zero-order valence-corrected chi connectivity index (χ0v) is 11.1. The molecule has 0 spiro atoms. The lowest BCUT2D eigenvalue weighted by Gasteiger charge is -2.09. The molecule has 0 unspecified atom stereocenters. The number of aromatic nitrogens is 1. The highest BCUT2D eigenvalue weighted by Crippen LogP contribution is 2.17. The van der Waals surface area contributed by atoms with Crippen LogP contribution in [-0.2, 0) is 0 Å². The van der Waals surface area contributed by atoms with Crippen molar-refractivity contribution in [3.05, 3.63) is 47.6 Å². The van der Waals surface area contributed by atoms with Crippen molar-refractivity contribution in [2.24, 2.45) is 0 Å². The summed E-state index contributed by atoms with van der Waals surface area (Å²) in [7, 11) is 0. The SMILES string of the molecule is Nc1ncccc1OCCCOc1ccc(Cl)cc1. The molecule has 0 fully saturated rings. The fourth-order valence-electron chi connectivity index (χ4n) is 1.49. The fourth-order valence-corrected chi connectivity index (χ4v) is 1.61. The van der Waals surface area contributed by atoms with Gasteiger partial charge < -0.3 is 15.2 Å². The topological polar surface area (TPSA) is 57.4 Å². The number of anilines is 1. The Morgan fingerprint density at radius 1 is 1.05 bits per heavy atom. The molecule has 0 aliphatic rings. The second-order valence-corrected chi connectivity index (χ2v) is 4.33. The number of benzene rings is 1. The van der Waals surface area contributed by atoms with E-state index in [0.29, 0.717) is 29.8 Å². The Morgan fingerprint density at radius 3 is 2.53 bits per heavy atom. The molecule has 1 heterocycles. The number of nitrogens with two attached hydrogens (primary N) is 1. The number of nitrogens with zero attached hydrogens (tertiary/aromatic N) is 1. The maximum Gasteiger partial charge on any atom is 0.166 e. The van der Waals surface area contributed by atoms with E-state index < -0.39 is 0 Å². The summed E-state index contributed by atoms with van der Waals surface area (Å²) < 4.78 is 11.0. The minimum atomic E-state index is 0.404. The molecule has 5 heteroatoms. The predicted octanol–water partition coefficient (Wildman–Crippen LogP) is 3.17. The molecule has 0 atom stereocenters. The van der Waals surface area contributed by atoms with E-state index in [1.54, 1.807) is 30.5 Å². The molecule has 19 heavy (non-hydrogen) atoms. The van der Waals surface area contributed by atoms with Crippen LogP contribution in [0.25, 0.3) is 0 Å². The van der Waals surface area contributed by atoms with Gasteiger partial charge in [0.15, 0.2) is 11.6 Å². The van der Waals surface area contributed by atoms with Crippen molar-refractivity contribution in [2.75, 3.05) is 18.9 Å². The van der Waals surface area contributed by atoms with Crippen molar-refractivity contribution < 1.29 is 9.47 Å². The highest BCUT2D eigenvalue weighted by atomic mass is 35.5. The van der Waals surface area contributed by atoms with Gasteiger partial charge in [-0.15, -0.1) is 0 Å². The third kappa shape index (κ3) is 4.34. The summed E-state index contributed by atoms with van der Waals surface area (Å²) in [5.41, 5.74) is 5.66. The zero-order chi connectivity index (χ0) is 13.5. The van der Waals surface area contributed by atoms with Gasteiger partial charge in [-0.2, -0.15) is 0 Å². The standard InChI is InChI=1S/C14H15ClN2O2/c15-11-4-6-12(7-5-11)18-9-2-10-19-13-3-1-8-17-14(13)16/h1,3-8H,2,9-10H2,(H2,16,17). The lowest BCUT2D eigenvalue weighted by molar-refractivity contribution is 0.248. The lowest BCUT2D eigenvalue weighted by Crippen LogP contribution is -2.06. The number of nitrogen functional groups attached to an aromatic ring is 1. The van der Waals surface area contributed by atoms with E-state index in [2.05, 4.69) is 4.98 Å². The van der Waals surface area contributed by atoms with Crippen LogP contribution in [0.3, 0.4) is 0 Å². The molecule has 0 saturated carbocycles. The number of halogens is 1. The molecule has 0 saturated heterocycles. The van der Waals surface area contributed by atoms with Gasteiger partial charge in [-0.25, -0.2) is 4.98 Å². The van der Waals surface area contributed by atoms with Crippen LogP contribution in [0, 0.1) is 0 Å². The molecule has 0 aliphatic carbocycles. The molecule has 1 aromatic heterocycles. The van der Waals surface area contributed by atoms with Gasteiger partial charge in [-0.3, -0.25) is 0 Å². The van der Waals surface area contributed by atoms with Crippen molar-refractivity contribution >= 4 is 17.4 Å². The highest BCUT2D eigenvalue weighted by molar-refractivity contribution is 6.30. The molecule has 2 N–H and O–H groups in total. The number of pyridine rings is 1. The summed E-state index contributed by atoms with van der Waals surface area (Å²) in [4.78, 5) is 3.94. The van der Waals surface area contributed by atoms with Crippen molar-refractivity contribution in [1.82, 2.24) is 4.98 Å². The average Bonchev–Trinajstić information content (AvgIpc) is 2.42. The van der Waals surface area contributed by atoms with E-state index in [1.165, 1.54) is 0 Å². The molecule has 4 nitrogen and oxygen atoms in total. The van der Waals surface area contributed by atoms with Crippen molar-refractivity contribution in [3.63, 3.8) is 0 Å². The van der Waals surface area contributed by atoms with Crippen LogP contribution in [0.4, 0.5) is 5.82 Å². The molecule has 1 aromatic carbocycles. The zero-order valence-electron chi connectivity index (χ0n) is 10.4. The first-order valence-electron chi connectivity index (χ1n) is 5.97. The largest absolute Gasteiger partial charge is 0.493 e. The second-order valence-electron chi connectivity index (χ2n) is 3.89. The van der Waals surface area contributed by atoms with Crippen molar-refractivity contribution in [1.29, 1.82) is 0 Å². The first-order chi connectivity index (χ1) is 9.25. The molecule has 0 amide bonds. The minimum absolute atomic E-state index is 0.404. The smallest absolute Gasteiger partial charge is 0.166 e. The van der Waals surface area contributed by atoms with Crippen LogP contribution < -0.4 is 15.2 Å². The van der Waals surface area contributed by atoms with E-state index in [9.17, 15) is 0 Å². The quantitative estimate of drug-likeness (QED) is 0.825. The Balaban J connectivity index is 1.67. The van der Waals surface area contributed by atoms with Gasteiger partial charge in [0.2, 0.25) is 0 Å². The van der Waals surface area contributed by atoms with E-state index in [1.807, 2.05) is 12.1 Å². The van der Waals surface area contributed by atoms with Crippen LogP contribution in [0.1, 0.15) is 6.42 Å². The van der Waals surface area contributed by atoms with Gasteiger partial charge in [0.25, 0.3) is 0 Å². The maximum atomic E-state index is 5.78. The Labute approximate surface area is 117 Å². The van der Waals surface area contributed by atoms with E-state index >= 15 is 0 Å². The summed E-state index contributed by atoms with van der Waals surface area (Å²) >= 11 is 5.78. The normalized spacial score (nSPS) is 10.2. The van der Waals surface area contributed by atoms with Gasteiger partial charge in [0, 0.05) is 17.6 Å². The minimum Gasteiger partial charge on any atom is -0.493 e. The Bertz CT molecular complexity index is 517. The Morgan fingerprint density at radius 2 is 1.79 bits per heavy atom. The number of hydrogen-bond donors (Lipinski definition) is 1. The first kappa shape index (κ1) is 13.5. The molecule has 0 bridgehead atoms. The molecule has 2 aromatic rings. The third-order valence-corrected chi connectivity index (χ3v) is 2.68. The molecular weight excluding hydrogens is 264 g/mol. The maximum absolute atomic E-state index is 5.78. The van der Waals surface area contributed by atoms with Gasteiger partial charge in [0.1, 0.15) is 5.75 Å². The second kappa shape index (κ2) is 6.85. The number of hydrogen-bond acceptors (Lipinski definition) is 4. The van der Waals surface area contributed by atoms with Gasteiger partial charge in [-0.05, 0) is 36.4 Å². The van der Waals surface area contributed by atoms with E-state index in [4.69, 9.17) is 26.8 Å². The number of rotatable bonds is 6. The van der Waals surface area contributed by atoms with Crippen LogP contribution >= 0.6 is 11.6 Å². The van der Waals surface area contributed by atoms with Crippen molar-refractivity contribution in [3.8, 4) is 11.5 Å². The average molecular weight is 279 g/mol. The van der Waals surface area contributed by atoms with Gasteiger partial charge >= 0.3 is 0 Å². The monoisotopic (exact) mass is 278 g/mol. The lowest BCUT2D eigenvalue weighted by atomic mass is 10.3. The fraction of sp³-hybridized carbons (Fsp3) is 0.214. The van der Waals surface area contributed by atoms with Gasteiger partial charge in [-0.1, -0.05) is 11.6 Å². The summed E-state index contributed by atoms with van der Waals surface area (Å²) in [6, 6.07) is 10.8. The van der Waals surface area contributed by atoms with Crippen LogP contribution in [0.15, 0.2) is 42.6 Å². The first-order valence-corrected chi connectivity index (χ1v) is 6.35. The molecular formula is C14H15ClN2O2. The van der Waals surface area contributed by atoms with Crippen LogP contribution in [0.5, 0.6) is 11.5 Å². The molecule has 2 rings (SSSR count). The van der Waals surface area contributed by atoms with Crippen LogP contribution in [-0.4, -0.2) is 18.2 Å². The predicted molar refractivity (Wildman–Crippen MR) is 75.7 cm³/mol. The van der Waals surface area contributed by atoms with Crippen LogP contribution in [0.2, 0.25) is 5.02 Å². The highest BCUT2D eigenvalue weighted by Gasteiger charge is 1.99. The Kier molecular flexibility index (Phi) is 4.86. The molecule has 100 valence electrons. The summed E-state index contributed by atoms with van der Waals surface area (Å²) in [6.07, 6.45) is 2.39. The summed E-state index contributed by atoms with van der Waals surface area (Å²) in [5.74, 6) is 1.81. The van der Waals surface area contributed by atoms with E-state index in [-0.39, 0.29) is 0 Å². The van der Waals surface area contributed by atoms with E-state index in [0.717, 1.165) is 12.2 Å². The van der Waals surface area contributed by atoms with Crippen molar-refractivity contribution in [2.45, 2.75) is 6.42 Å².